The van der Waals surface area contributed by atoms with Gasteiger partial charge in [0.2, 0.25) is 0 Å². The van der Waals surface area contributed by atoms with Crippen LogP contribution in [0.4, 0.5) is 0 Å². The number of hydrogen-bond donors (Lipinski definition) is 0. The lowest BCUT2D eigenvalue weighted by Gasteiger charge is -2.09. The Morgan fingerprint density at radius 2 is 1.59 bits per heavy atom. The second-order valence-electron chi connectivity index (χ2n) is 8.57. The van der Waals surface area contributed by atoms with Crippen molar-refractivity contribution >= 4 is 12.0 Å². The molecule has 0 amide bonds. The summed E-state index contributed by atoms with van der Waals surface area (Å²) in [6.45, 7) is 4.18. The predicted octanol–water partition coefficient (Wildman–Crippen LogP) is 6.40. The molecule has 0 aromatic heterocycles. The zero-order valence-corrected chi connectivity index (χ0v) is 18.2. The lowest BCUT2D eigenvalue weighted by atomic mass is 10.0. The Morgan fingerprint density at radius 3 is 2.28 bits per heavy atom. The van der Waals surface area contributed by atoms with Gasteiger partial charge in [-0.2, -0.15) is 5.26 Å². The van der Waals surface area contributed by atoms with E-state index < -0.39 is 0 Å². The van der Waals surface area contributed by atoms with Gasteiger partial charge < -0.3 is 9.47 Å². The minimum Gasteiger partial charge on any atom is -0.461 e. The van der Waals surface area contributed by atoms with Gasteiger partial charge in [0.15, 0.2) is 0 Å². The van der Waals surface area contributed by atoms with Crippen molar-refractivity contribution in [2.75, 3.05) is 0 Å². The zero-order valence-electron chi connectivity index (χ0n) is 18.2. The maximum Gasteiger partial charge on any atom is 0.310 e. The molecule has 32 heavy (non-hydrogen) atoms. The summed E-state index contributed by atoms with van der Waals surface area (Å²) in [5.41, 5.74) is 2.10. The van der Waals surface area contributed by atoms with E-state index in [9.17, 15) is 10.1 Å². The number of benzene rings is 3. The molecule has 3 aromatic carbocycles. The van der Waals surface area contributed by atoms with E-state index in [1.54, 1.807) is 0 Å². The number of esters is 1. The molecule has 1 aliphatic carbocycles. The van der Waals surface area contributed by atoms with E-state index in [0.717, 1.165) is 16.9 Å². The van der Waals surface area contributed by atoms with Crippen molar-refractivity contribution in [2.45, 2.75) is 20.5 Å². The molecule has 2 atom stereocenters. The number of nitrogens with zero attached hydrogens (tertiary/aromatic N) is 1. The first-order chi connectivity index (χ1) is 15.5. The molecule has 0 N–H and O–H groups in total. The minimum atomic E-state index is -0.333. The quantitative estimate of drug-likeness (QED) is 0.326. The van der Waals surface area contributed by atoms with Crippen LogP contribution in [0.3, 0.4) is 0 Å². The average Bonchev–Trinajstić information content (AvgIpc) is 3.39. The van der Waals surface area contributed by atoms with Gasteiger partial charge in [-0.05, 0) is 46.9 Å². The summed E-state index contributed by atoms with van der Waals surface area (Å²) in [6, 6.07) is 29.0. The van der Waals surface area contributed by atoms with E-state index in [0.29, 0.717) is 11.3 Å². The van der Waals surface area contributed by atoms with Gasteiger partial charge in [-0.25, -0.2) is 0 Å². The Bertz CT molecular complexity index is 1160. The van der Waals surface area contributed by atoms with Crippen molar-refractivity contribution in [3.05, 3.63) is 102 Å². The molecule has 0 bridgehead atoms. The van der Waals surface area contributed by atoms with Crippen LogP contribution in [0.1, 0.15) is 25.0 Å². The Morgan fingerprint density at radius 1 is 0.938 bits per heavy atom. The van der Waals surface area contributed by atoms with Crippen LogP contribution in [0.5, 0.6) is 11.5 Å². The average molecular weight is 424 g/mol. The third kappa shape index (κ3) is 4.73. The van der Waals surface area contributed by atoms with E-state index >= 15 is 0 Å². The van der Waals surface area contributed by atoms with Gasteiger partial charge in [0, 0.05) is 11.5 Å². The highest BCUT2D eigenvalue weighted by Gasteiger charge is 2.64. The molecule has 0 saturated heterocycles. The molecular weight excluding hydrogens is 398 g/mol. The van der Waals surface area contributed by atoms with Gasteiger partial charge in [0.05, 0.1) is 12.0 Å². The van der Waals surface area contributed by atoms with Gasteiger partial charge in [-0.1, -0.05) is 74.5 Å². The fourth-order valence-electron chi connectivity index (χ4n) is 4.15. The summed E-state index contributed by atoms with van der Waals surface area (Å²) >= 11 is 0. The topological polar surface area (TPSA) is 59.3 Å². The molecule has 4 rings (SSSR count). The van der Waals surface area contributed by atoms with E-state index in [1.807, 2.05) is 105 Å². The highest BCUT2D eigenvalue weighted by molar-refractivity contribution is 5.80. The first-order valence-electron chi connectivity index (χ1n) is 10.6. The monoisotopic (exact) mass is 423 g/mol. The number of carbonyl (C=O) groups excluding carboxylic acids is 1. The van der Waals surface area contributed by atoms with Crippen LogP contribution in [-0.4, -0.2) is 5.97 Å². The number of ether oxygens (including phenoxy) is 2. The van der Waals surface area contributed by atoms with E-state index in [1.165, 1.54) is 0 Å². The Labute approximate surface area is 188 Å². The third-order valence-corrected chi connectivity index (χ3v) is 5.93. The van der Waals surface area contributed by atoms with Crippen LogP contribution in [0.25, 0.3) is 6.08 Å². The SMILES string of the molecule is CC1(C)C(C(=O)OCc2cccc(Oc3ccccc3)c2)C1/C(C#N)=C/c1ccccc1. The molecule has 1 aliphatic rings. The van der Waals surface area contributed by atoms with Gasteiger partial charge >= 0.3 is 5.97 Å². The number of carbonyl (C=O) groups is 1. The fourth-order valence-corrected chi connectivity index (χ4v) is 4.15. The molecule has 1 fully saturated rings. The summed E-state index contributed by atoms with van der Waals surface area (Å²) < 4.78 is 11.5. The van der Waals surface area contributed by atoms with Crippen LogP contribution >= 0.6 is 0 Å². The fraction of sp³-hybridized carbons (Fsp3) is 0.214. The second kappa shape index (κ2) is 9.11. The van der Waals surface area contributed by atoms with Crippen LogP contribution < -0.4 is 4.74 Å². The van der Waals surface area contributed by atoms with E-state index in [2.05, 4.69) is 6.07 Å². The summed E-state index contributed by atoms with van der Waals surface area (Å²) in [5, 5.41) is 9.70. The van der Waals surface area contributed by atoms with Crippen LogP contribution in [0, 0.1) is 28.6 Å². The minimum absolute atomic E-state index is 0.145. The largest absolute Gasteiger partial charge is 0.461 e. The Hall–Kier alpha value is -3.84. The second-order valence-corrected chi connectivity index (χ2v) is 8.57. The molecule has 0 aliphatic heterocycles. The molecule has 3 aromatic rings. The molecule has 4 heteroatoms. The third-order valence-electron chi connectivity index (χ3n) is 5.93. The molecule has 0 radical (unpaired) electrons. The Balaban J connectivity index is 1.41. The summed E-state index contributed by atoms with van der Waals surface area (Å²) in [5.74, 6) is 0.683. The van der Waals surface area contributed by atoms with Gasteiger partial charge in [-0.3, -0.25) is 4.79 Å². The maximum atomic E-state index is 12.9. The number of nitriles is 1. The summed E-state index contributed by atoms with van der Waals surface area (Å²) in [6.07, 6.45) is 1.87. The first kappa shape index (κ1) is 21.4. The van der Waals surface area contributed by atoms with Crippen LogP contribution in [0.15, 0.2) is 90.5 Å². The zero-order chi connectivity index (χ0) is 22.6. The lowest BCUT2D eigenvalue weighted by Crippen LogP contribution is -2.10. The van der Waals surface area contributed by atoms with Crippen molar-refractivity contribution in [1.29, 1.82) is 5.26 Å². The molecular formula is C28H25NO3. The van der Waals surface area contributed by atoms with Crippen LogP contribution in [0.2, 0.25) is 0 Å². The van der Waals surface area contributed by atoms with Crippen molar-refractivity contribution in [1.82, 2.24) is 0 Å². The standard InChI is InChI=1S/C28H25NO3/c1-28(2)25(22(18-29)16-20-10-5-3-6-11-20)26(28)27(30)31-19-21-12-9-15-24(17-21)32-23-13-7-4-8-14-23/h3-17,25-26H,19H2,1-2H3/b22-16+. The molecule has 4 nitrogen and oxygen atoms in total. The number of hydrogen-bond acceptors (Lipinski definition) is 4. The predicted molar refractivity (Wildman–Crippen MR) is 124 cm³/mol. The van der Waals surface area contributed by atoms with Crippen molar-refractivity contribution < 1.29 is 14.3 Å². The van der Waals surface area contributed by atoms with Crippen molar-refractivity contribution in [3.8, 4) is 17.6 Å². The number of allylic oxidation sites excluding steroid dienone is 1. The number of rotatable bonds is 7. The number of para-hydroxylation sites is 1. The maximum absolute atomic E-state index is 12.9. The summed E-state index contributed by atoms with van der Waals surface area (Å²) in [4.78, 5) is 12.9. The highest BCUT2D eigenvalue weighted by atomic mass is 16.5. The summed E-state index contributed by atoms with van der Waals surface area (Å²) in [7, 11) is 0. The molecule has 2 unspecified atom stereocenters. The van der Waals surface area contributed by atoms with Crippen LogP contribution in [-0.2, 0) is 16.1 Å². The van der Waals surface area contributed by atoms with Gasteiger partial charge in [0.25, 0.3) is 0 Å². The smallest absolute Gasteiger partial charge is 0.310 e. The Kier molecular flexibility index (Phi) is 6.09. The van der Waals surface area contributed by atoms with Gasteiger partial charge in [-0.15, -0.1) is 0 Å². The first-order valence-corrected chi connectivity index (χ1v) is 10.6. The highest BCUT2D eigenvalue weighted by Crippen LogP contribution is 2.62. The van der Waals surface area contributed by atoms with Gasteiger partial charge in [0.1, 0.15) is 18.1 Å². The molecule has 0 heterocycles. The lowest BCUT2D eigenvalue weighted by molar-refractivity contribution is -0.147. The molecule has 0 spiro atoms. The van der Waals surface area contributed by atoms with E-state index in [-0.39, 0.29) is 29.8 Å². The normalized spacial score (nSPS) is 19.0. The van der Waals surface area contributed by atoms with Crippen molar-refractivity contribution in [2.24, 2.45) is 17.3 Å². The van der Waals surface area contributed by atoms with Crippen molar-refractivity contribution in [3.63, 3.8) is 0 Å². The molecule has 1 saturated carbocycles. The van der Waals surface area contributed by atoms with E-state index in [4.69, 9.17) is 9.47 Å². The molecule has 160 valence electrons.